The molecule has 336 valence electrons. The molecule has 5 heterocycles. The van der Waals surface area contributed by atoms with Crippen molar-refractivity contribution < 1.29 is 4.42 Å². The number of nitrogens with one attached hydrogen (secondary N) is 1. The Bertz CT molecular complexity index is 4860. The van der Waals surface area contributed by atoms with Crippen LogP contribution in [-0.2, 0) is 0 Å². The van der Waals surface area contributed by atoms with E-state index in [4.69, 9.17) is 14.4 Å². The molecule has 16 rings (SSSR count). The first-order chi connectivity index (χ1) is 35.7. The van der Waals surface area contributed by atoms with Gasteiger partial charge in [0, 0.05) is 80.8 Å². The fourth-order valence-electron chi connectivity index (χ4n) is 11.6. The second kappa shape index (κ2) is 15.1. The Morgan fingerprint density at radius 3 is 1.93 bits per heavy atom. The highest BCUT2D eigenvalue weighted by atomic mass is 32.1. The SMILES string of the molecule is c1ccc(-n2c3ccccc3c3ccc(C4=NC(c5ccc6sc7ccccc7c6c5)NC(c5cc6c(cc5-n5c7ccccc7c7cc8ccccc8cc75)oc5c7ccccc7ccc65)=N4)cc32)cc1. The molecule has 7 heteroatoms. The van der Waals surface area contributed by atoms with Crippen molar-refractivity contribution >= 4 is 130 Å². The second-order valence-corrected chi connectivity index (χ2v) is 20.0. The van der Waals surface area contributed by atoms with E-state index < -0.39 is 6.17 Å². The van der Waals surface area contributed by atoms with E-state index in [1.165, 1.54) is 52.5 Å². The van der Waals surface area contributed by atoms with Gasteiger partial charge in [0.2, 0.25) is 0 Å². The lowest BCUT2D eigenvalue weighted by Crippen LogP contribution is -2.34. The smallest absolute Gasteiger partial charge is 0.159 e. The van der Waals surface area contributed by atoms with Crippen molar-refractivity contribution in [3.8, 4) is 11.4 Å². The first-order valence-electron chi connectivity index (χ1n) is 24.4. The lowest BCUT2D eigenvalue weighted by molar-refractivity contribution is 0.671. The second-order valence-electron chi connectivity index (χ2n) is 18.9. The summed E-state index contributed by atoms with van der Waals surface area (Å²) in [6.45, 7) is 0. The summed E-state index contributed by atoms with van der Waals surface area (Å²) in [5.41, 5.74) is 11.1. The summed E-state index contributed by atoms with van der Waals surface area (Å²) >= 11 is 1.83. The van der Waals surface area contributed by atoms with Crippen LogP contribution in [0.4, 0.5) is 0 Å². The van der Waals surface area contributed by atoms with Gasteiger partial charge in [-0.15, -0.1) is 11.3 Å². The third-order valence-corrected chi connectivity index (χ3v) is 16.1. The predicted molar refractivity (Wildman–Crippen MR) is 302 cm³/mol. The van der Waals surface area contributed by atoms with Crippen molar-refractivity contribution in [2.45, 2.75) is 6.17 Å². The number of thiophene rings is 1. The minimum atomic E-state index is -0.470. The van der Waals surface area contributed by atoms with Gasteiger partial charge in [0.1, 0.15) is 23.2 Å². The number of para-hydroxylation sites is 3. The largest absolute Gasteiger partial charge is 0.455 e. The molecule has 1 atom stereocenters. The molecule has 11 aromatic carbocycles. The van der Waals surface area contributed by atoms with Gasteiger partial charge in [-0.1, -0.05) is 146 Å². The third kappa shape index (κ3) is 5.83. The summed E-state index contributed by atoms with van der Waals surface area (Å²) in [6, 6.07) is 80.9. The quantitative estimate of drug-likeness (QED) is 0.187. The van der Waals surface area contributed by atoms with Crippen molar-refractivity contribution in [3.05, 3.63) is 241 Å². The molecule has 0 fully saturated rings. The molecule has 0 bridgehead atoms. The number of hydrogen-bond acceptors (Lipinski definition) is 5. The van der Waals surface area contributed by atoms with Gasteiger partial charge < -0.3 is 18.9 Å². The van der Waals surface area contributed by atoms with Crippen LogP contribution in [0.15, 0.2) is 239 Å². The molecule has 1 aliphatic rings. The molecule has 0 saturated heterocycles. The van der Waals surface area contributed by atoms with Gasteiger partial charge in [-0.3, -0.25) is 0 Å². The number of aromatic nitrogens is 2. The molecule has 1 N–H and O–H groups in total. The molecule has 15 aromatic rings. The molecule has 0 saturated carbocycles. The number of furan rings is 1. The summed E-state index contributed by atoms with van der Waals surface area (Å²) < 4.78 is 14.3. The van der Waals surface area contributed by atoms with Crippen LogP contribution in [0.2, 0.25) is 0 Å². The standard InChI is InChI=1S/C65H39N5OS/c1-2-17-43(18-3-1)69-54-23-11-8-20-45(54)47-29-27-42(35-56(47)69)64-66-63(41-28-31-61-52(33-41)48-22-10-13-25-60(48)72-61)67-65(68-64)53-36-51-49-30-26-38-14-6-7-19-44(38)62(49)71-59(51)37-58(53)70-55-24-12-9-21-46(55)50-32-39-15-4-5-16-40(39)34-57(50)70/h1-37,63H,(H,66,67,68). The van der Waals surface area contributed by atoms with Crippen molar-refractivity contribution in [2.75, 3.05) is 0 Å². The van der Waals surface area contributed by atoms with E-state index >= 15 is 0 Å². The van der Waals surface area contributed by atoms with E-state index in [1.54, 1.807) is 0 Å². The first-order valence-corrected chi connectivity index (χ1v) is 25.2. The Hall–Kier alpha value is -9.30. The highest BCUT2D eigenvalue weighted by molar-refractivity contribution is 7.25. The van der Waals surface area contributed by atoms with Gasteiger partial charge in [-0.05, 0) is 94.5 Å². The van der Waals surface area contributed by atoms with Gasteiger partial charge >= 0.3 is 0 Å². The maximum atomic E-state index is 7.01. The van der Waals surface area contributed by atoms with Gasteiger partial charge in [0.05, 0.1) is 27.8 Å². The van der Waals surface area contributed by atoms with E-state index in [1.807, 2.05) is 11.3 Å². The van der Waals surface area contributed by atoms with Crippen LogP contribution in [0.25, 0.3) is 119 Å². The van der Waals surface area contributed by atoms with Gasteiger partial charge in [-0.25, -0.2) is 9.98 Å². The number of aliphatic imine (C=N–C) groups is 2. The summed E-state index contributed by atoms with van der Waals surface area (Å²) in [5.74, 6) is 1.38. The molecule has 4 aromatic heterocycles. The van der Waals surface area contributed by atoms with Crippen LogP contribution in [0.3, 0.4) is 0 Å². The number of benzene rings is 11. The minimum absolute atomic E-state index is 0.470. The van der Waals surface area contributed by atoms with E-state index in [-0.39, 0.29) is 0 Å². The Balaban J connectivity index is 0.988. The van der Waals surface area contributed by atoms with Crippen LogP contribution >= 0.6 is 11.3 Å². The van der Waals surface area contributed by atoms with Crippen molar-refractivity contribution in [1.82, 2.24) is 14.5 Å². The van der Waals surface area contributed by atoms with E-state index in [0.29, 0.717) is 5.84 Å². The van der Waals surface area contributed by atoms with Crippen LogP contribution in [-0.4, -0.2) is 20.8 Å². The lowest BCUT2D eigenvalue weighted by atomic mass is 10.0. The number of nitrogens with zero attached hydrogens (tertiary/aromatic N) is 4. The molecule has 0 aliphatic carbocycles. The molecule has 72 heavy (non-hydrogen) atoms. The number of amidine groups is 2. The maximum absolute atomic E-state index is 7.01. The summed E-state index contributed by atoms with van der Waals surface area (Å²) in [7, 11) is 0. The van der Waals surface area contributed by atoms with Crippen molar-refractivity contribution in [2.24, 2.45) is 9.98 Å². The summed E-state index contributed by atoms with van der Waals surface area (Å²) in [5, 5.41) is 17.8. The van der Waals surface area contributed by atoms with Crippen LogP contribution in [0.5, 0.6) is 0 Å². The zero-order valence-corrected chi connectivity index (χ0v) is 39.4. The zero-order chi connectivity index (χ0) is 47.0. The minimum Gasteiger partial charge on any atom is -0.455 e. The number of fused-ring (bicyclic) bond motifs is 15. The Morgan fingerprint density at radius 1 is 0.431 bits per heavy atom. The fourth-order valence-corrected chi connectivity index (χ4v) is 12.7. The average Bonchev–Trinajstić information content (AvgIpc) is 4.19. The molecule has 1 unspecified atom stereocenters. The number of rotatable bonds is 5. The lowest BCUT2D eigenvalue weighted by Gasteiger charge is -2.25. The van der Waals surface area contributed by atoms with Crippen molar-refractivity contribution in [1.29, 1.82) is 0 Å². The van der Waals surface area contributed by atoms with Crippen LogP contribution in [0.1, 0.15) is 22.9 Å². The van der Waals surface area contributed by atoms with E-state index in [2.05, 4.69) is 239 Å². The Labute approximate surface area is 415 Å². The fraction of sp³-hybridized carbons (Fsp3) is 0.0154. The topological polar surface area (TPSA) is 59.8 Å². The van der Waals surface area contributed by atoms with E-state index in [0.717, 1.165) is 88.7 Å². The highest BCUT2D eigenvalue weighted by Gasteiger charge is 2.28. The number of hydrogen-bond donors (Lipinski definition) is 1. The van der Waals surface area contributed by atoms with Crippen LogP contribution in [0, 0.1) is 0 Å². The normalized spacial score (nSPS) is 14.2. The molecule has 0 radical (unpaired) electrons. The first kappa shape index (κ1) is 39.5. The molecule has 6 nitrogen and oxygen atoms in total. The Morgan fingerprint density at radius 2 is 1.08 bits per heavy atom. The molecular formula is C65H39N5OS. The zero-order valence-electron chi connectivity index (χ0n) is 38.5. The molecule has 0 spiro atoms. The van der Waals surface area contributed by atoms with Crippen molar-refractivity contribution in [3.63, 3.8) is 0 Å². The third-order valence-electron chi connectivity index (χ3n) is 14.9. The highest BCUT2D eigenvalue weighted by Crippen LogP contribution is 2.42. The van der Waals surface area contributed by atoms with Gasteiger partial charge in [-0.2, -0.15) is 0 Å². The average molecular weight is 938 g/mol. The van der Waals surface area contributed by atoms with Gasteiger partial charge in [0.25, 0.3) is 0 Å². The maximum Gasteiger partial charge on any atom is 0.159 e. The predicted octanol–water partition coefficient (Wildman–Crippen LogP) is 16.9. The monoisotopic (exact) mass is 937 g/mol. The van der Waals surface area contributed by atoms with E-state index in [9.17, 15) is 0 Å². The molecule has 0 amide bonds. The van der Waals surface area contributed by atoms with Crippen LogP contribution < -0.4 is 5.32 Å². The van der Waals surface area contributed by atoms with Gasteiger partial charge in [0.15, 0.2) is 5.84 Å². The summed E-state index contributed by atoms with van der Waals surface area (Å²) in [4.78, 5) is 11.3. The molecule has 1 aliphatic heterocycles. The summed E-state index contributed by atoms with van der Waals surface area (Å²) in [6.07, 6.45) is -0.470. The molecular weight excluding hydrogens is 899 g/mol. The Kier molecular flexibility index (Phi) is 8.29.